The summed E-state index contributed by atoms with van der Waals surface area (Å²) >= 11 is 0. The lowest BCUT2D eigenvalue weighted by molar-refractivity contribution is -0.117. The van der Waals surface area contributed by atoms with Gasteiger partial charge >= 0.3 is 0 Å². The van der Waals surface area contributed by atoms with Gasteiger partial charge in [0, 0.05) is 12.2 Å². The van der Waals surface area contributed by atoms with Crippen molar-refractivity contribution in [1.82, 2.24) is 0 Å². The van der Waals surface area contributed by atoms with Crippen molar-refractivity contribution in [3.05, 3.63) is 59.2 Å². The number of amides is 1. The van der Waals surface area contributed by atoms with Gasteiger partial charge < -0.3 is 4.90 Å². The van der Waals surface area contributed by atoms with Crippen LogP contribution in [0.5, 0.6) is 0 Å². The highest BCUT2D eigenvalue weighted by atomic mass is 32.2. The molecule has 3 rings (SSSR count). The lowest BCUT2D eigenvalue weighted by atomic mass is 10.0. The van der Waals surface area contributed by atoms with E-state index in [9.17, 15) is 13.2 Å². The molecule has 1 aliphatic rings. The minimum Gasteiger partial charge on any atom is -0.311 e. The monoisotopic (exact) mass is 372 g/mol. The largest absolute Gasteiger partial charge is 0.311 e. The van der Waals surface area contributed by atoms with E-state index in [-0.39, 0.29) is 12.5 Å². The number of para-hydroxylation sites is 2. The first-order chi connectivity index (χ1) is 12.3. The Labute approximate surface area is 155 Å². The van der Waals surface area contributed by atoms with Crippen LogP contribution in [-0.4, -0.2) is 33.7 Å². The molecule has 0 bridgehead atoms. The van der Waals surface area contributed by atoms with Gasteiger partial charge in [0.05, 0.1) is 11.9 Å². The Morgan fingerprint density at radius 1 is 1.08 bits per heavy atom. The molecule has 1 aliphatic heterocycles. The number of hydrogen-bond acceptors (Lipinski definition) is 3. The number of hydrogen-bond donors (Lipinski definition) is 0. The van der Waals surface area contributed by atoms with Gasteiger partial charge in [0.2, 0.25) is 15.9 Å². The summed E-state index contributed by atoms with van der Waals surface area (Å²) in [6.45, 7) is 4.14. The van der Waals surface area contributed by atoms with E-state index in [2.05, 4.69) is 0 Å². The molecule has 0 fully saturated rings. The fourth-order valence-electron chi connectivity index (χ4n) is 3.56. The molecule has 0 aliphatic carbocycles. The second kappa shape index (κ2) is 7.11. The maximum absolute atomic E-state index is 13.0. The summed E-state index contributed by atoms with van der Waals surface area (Å²) in [6, 6.07) is 13.4. The zero-order valence-electron chi connectivity index (χ0n) is 15.4. The topological polar surface area (TPSA) is 57.7 Å². The SMILES string of the molecule is Cc1cccc(C)c1N(CC(=O)N1CCCc2ccccc21)S(C)(=O)=O. The highest BCUT2D eigenvalue weighted by Gasteiger charge is 2.28. The molecule has 138 valence electrons. The zero-order valence-corrected chi connectivity index (χ0v) is 16.2. The van der Waals surface area contributed by atoms with E-state index in [0.717, 1.165) is 41.5 Å². The van der Waals surface area contributed by atoms with Crippen LogP contribution in [0, 0.1) is 13.8 Å². The molecule has 0 spiro atoms. The maximum atomic E-state index is 13.0. The Hall–Kier alpha value is -2.34. The third kappa shape index (κ3) is 3.60. The van der Waals surface area contributed by atoms with Crippen molar-refractivity contribution in [2.75, 3.05) is 28.6 Å². The van der Waals surface area contributed by atoms with Crippen molar-refractivity contribution in [3.8, 4) is 0 Å². The Bertz CT molecular complexity index is 918. The molecular formula is C20H24N2O3S. The van der Waals surface area contributed by atoms with Gasteiger partial charge in [-0.25, -0.2) is 8.42 Å². The van der Waals surface area contributed by atoms with Crippen molar-refractivity contribution >= 4 is 27.3 Å². The number of aryl methyl sites for hydroxylation is 3. The van der Waals surface area contributed by atoms with Gasteiger partial charge in [0.1, 0.15) is 6.54 Å². The number of sulfonamides is 1. The first-order valence-electron chi connectivity index (χ1n) is 8.71. The van der Waals surface area contributed by atoms with Crippen LogP contribution in [0.15, 0.2) is 42.5 Å². The minimum absolute atomic E-state index is 0.196. The normalized spacial score (nSPS) is 14.0. The summed E-state index contributed by atoms with van der Waals surface area (Å²) in [5, 5.41) is 0. The molecule has 0 N–H and O–H groups in total. The number of fused-ring (bicyclic) bond motifs is 1. The third-order valence-electron chi connectivity index (χ3n) is 4.78. The Morgan fingerprint density at radius 2 is 1.73 bits per heavy atom. The van der Waals surface area contributed by atoms with Gasteiger partial charge in [-0.2, -0.15) is 0 Å². The molecule has 0 unspecified atom stereocenters. The number of rotatable bonds is 4. The molecule has 2 aromatic carbocycles. The lowest BCUT2D eigenvalue weighted by Gasteiger charge is -2.32. The highest BCUT2D eigenvalue weighted by Crippen LogP contribution is 2.29. The molecule has 1 heterocycles. The standard InChI is InChI=1S/C20H24N2O3S/c1-15-8-6-9-16(2)20(15)22(26(3,24)25)14-19(23)21-13-7-11-17-10-4-5-12-18(17)21/h4-6,8-10,12H,7,11,13-14H2,1-3H3. The van der Waals surface area contributed by atoms with Gasteiger partial charge in [-0.3, -0.25) is 9.10 Å². The predicted octanol–water partition coefficient (Wildman–Crippen LogP) is 3.05. The van der Waals surface area contributed by atoms with E-state index in [1.165, 1.54) is 4.31 Å². The lowest BCUT2D eigenvalue weighted by Crippen LogP contribution is -2.45. The number of carbonyl (C=O) groups excluding carboxylic acids is 1. The van der Waals surface area contributed by atoms with E-state index in [0.29, 0.717) is 12.2 Å². The second-order valence-electron chi connectivity index (χ2n) is 6.79. The molecule has 0 atom stereocenters. The summed E-state index contributed by atoms with van der Waals surface area (Å²) in [5.41, 5.74) is 4.28. The van der Waals surface area contributed by atoms with Crippen LogP contribution in [0.4, 0.5) is 11.4 Å². The first kappa shape index (κ1) is 18.5. The molecular weight excluding hydrogens is 348 g/mol. The van der Waals surface area contributed by atoms with Crippen LogP contribution in [0.1, 0.15) is 23.1 Å². The quantitative estimate of drug-likeness (QED) is 0.829. The van der Waals surface area contributed by atoms with E-state index in [1.807, 2.05) is 56.3 Å². The second-order valence-corrected chi connectivity index (χ2v) is 8.69. The van der Waals surface area contributed by atoms with Crippen LogP contribution in [0.2, 0.25) is 0 Å². The predicted molar refractivity (Wildman–Crippen MR) is 105 cm³/mol. The summed E-state index contributed by atoms with van der Waals surface area (Å²) in [6.07, 6.45) is 2.97. The van der Waals surface area contributed by atoms with Gasteiger partial charge in [-0.05, 0) is 49.4 Å². The summed E-state index contributed by atoms with van der Waals surface area (Å²) in [7, 11) is -3.59. The van der Waals surface area contributed by atoms with Crippen molar-refractivity contribution < 1.29 is 13.2 Å². The van der Waals surface area contributed by atoms with Crippen molar-refractivity contribution in [1.29, 1.82) is 0 Å². The van der Waals surface area contributed by atoms with E-state index >= 15 is 0 Å². The highest BCUT2D eigenvalue weighted by molar-refractivity contribution is 7.92. The number of carbonyl (C=O) groups is 1. The van der Waals surface area contributed by atoms with Crippen LogP contribution < -0.4 is 9.21 Å². The van der Waals surface area contributed by atoms with Gasteiger partial charge in [-0.1, -0.05) is 36.4 Å². The minimum atomic E-state index is -3.59. The van der Waals surface area contributed by atoms with Gasteiger partial charge in [-0.15, -0.1) is 0 Å². The molecule has 1 amide bonds. The number of benzene rings is 2. The molecule has 26 heavy (non-hydrogen) atoms. The number of nitrogens with zero attached hydrogens (tertiary/aromatic N) is 2. The van der Waals surface area contributed by atoms with E-state index in [1.54, 1.807) is 4.90 Å². The Balaban J connectivity index is 1.96. The van der Waals surface area contributed by atoms with Crippen LogP contribution in [-0.2, 0) is 21.2 Å². The average molecular weight is 372 g/mol. The molecule has 0 saturated heterocycles. The van der Waals surface area contributed by atoms with Crippen molar-refractivity contribution in [2.45, 2.75) is 26.7 Å². The third-order valence-corrected chi connectivity index (χ3v) is 5.89. The van der Waals surface area contributed by atoms with Crippen LogP contribution in [0.3, 0.4) is 0 Å². The fourth-order valence-corrected chi connectivity index (χ4v) is 4.53. The zero-order chi connectivity index (χ0) is 18.9. The molecule has 0 radical (unpaired) electrons. The summed E-state index contributed by atoms with van der Waals surface area (Å²) in [4.78, 5) is 14.7. The van der Waals surface area contributed by atoms with Crippen LogP contribution in [0.25, 0.3) is 0 Å². The van der Waals surface area contributed by atoms with Gasteiger partial charge in [0.15, 0.2) is 0 Å². The van der Waals surface area contributed by atoms with Crippen molar-refractivity contribution in [3.63, 3.8) is 0 Å². The summed E-state index contributed by atoms with van der Waals surface area (Å²) < 4.78 is 26.1. The Kier molecular flexibility index (Phi) is 5.05. The average Bonchev–Trinajstić information content (AvgIpc) is 2.59. The molecule has 6 heteroatoms. The molecule has 5 nitrogen and oxygen atoms in total. The number of anilines is 2. The first-order valence-corrected chi connectivity index (χ1v) is 10.6. The maximum Gasteiger partial charge on any atom is 0.247 e. The summed E-state index contributed by atoms with van der Waals surface area (Å²) in [5.74, 6) is -0.203. The smallest absolute Gasteiger partial charge is 0.247 e. The van der Waals surface area contributed by atoms with E-state index < -0.39 is 10.0 Å². The Morgan fingerprint density at radius 3 is 2.38 bits per heavy atom. The fraction of sp³-hybridized carbons (Fsp3) is 0.350. The van der Waals surface area contributed by atoms with Crippen LogP contribution >= 0.6 is 0 Å². The van der Waals surface area contributed by atoms with Crippen molar-refractivity contribution in [2.24, 2.45) is 0 Å². The molecule has 0 aromatic heterocycles. The van der Waals surface area contributed by atoms with E-state index in [4.69, 9.17) is 0 Å². The molecule has 0 saturated carbocycles. The van der Waals surface area contributed by atoms with Gasteiger partial charge in [0.25, 0.3) is 0 Å². The molecule has 2 aromatic rings.